The fourth-order valence-electron chi connectivity index (χ4n) is 2.43. The molecule has 0 radical (unpaired) electrons. The molecular formula is C19H23ClN2O2. The minimum Gasteiger partial charge on any atom is -0.491 e. The maximum atomic E-state index is 12.4. The van der Waals surface area contributed by atoms with Crippen LogP contribution in [0, 0.1) is 13.8 Å². The monoisotopic (exact) mass is 346 g/mol. The van der Waals surface area contributed by atoms with E-state index in [0.29, 0.717) is 24.7 Å². The van der Waals surface area contributed by atoms with Crippen molar-refractivity contribution in [2.24, 2.45) is 0 Å². The van der Waals surface area contributed by atoms with Gasteiger partial charge in [-0.3, -0.25) is 4.90 Å². The molecule has 0 aromatic heterocycles. The molecule has 2 rings (SSSR count). The van der Waals surface area contributed by atoms with Crippen LogP contribution >= 0.6 is 11.6 Å². The number of nitrogens with zero attached hydrogens (tertiary/aromatic N) is 1. The molecule has 0 saturated carbocycles. The number of ether oxygens (including phenoxy) is 1. The molecule has 0 spiro atoms. The minimum atomic E-state index is -0.125. The average Bonchev–Trinajstić information content (AvgIpc) is 2.54. The van der Waals surface area contributed by atoms with Gasteiger partial charge in [-0.05, 0) is 62.2 Å². The van der Waals surface area contributed by atoms with E-state index < -0.39 is 0 Å². The normalized spacial score (nSPS) is 10.3. The number of carbonyl (C=O) groups excluding carboxylic acids is 1. The second-order valence-corrected chi connectivity index (χ2v) is 6.01. The van der Waals surface area contributed by atoms with Gasteiger partial charge in [-0.1, -0.05) is 23.7 Å². The van der Waals surface area contributed by atoms with Gasteiger partial charge in [0.1, 0.15) is 12.4 Å². The van der Waals surface area contributed by atoms with Crippen LogP contribution in [0.15, 0.2) is 42.5 Å². The van der Waals surface area contributed by atoms with Gasteiger partial charge in [0, 0.05) is 17.3 Å². The van der Waals surface area contributed by atoms with Crippen molar-refractivity contribution in [1.82, 2.24) is 5.32 Å². The predicted molar refractivity (Wildman–Crippen MR) is 99.3 cm³/mol. The summed E-state index contributed by atoms with van der Waals surface area (Å²) in [5.41, 5.74) is 2.99. The number of aryl methyl sites for hydroxylation is 2. The van der Waals surface area contributed by atoms with Gasteiger partial charge in [-0.15, -0.1) is 0 Å². The summed E-state index contributed by atoms with van der Waals surface area (Å²) in [7, 11) is 0. The Kier molecular flexibility index (Phi) is 6.50. The molecule has 2 aromatic carbocycles. The van der Waals surface area contributed by atoms with E-state index in [1.54, 1.807) is 11.0 Å². The highest BCUT2D eigenvalue weighted by Gasteiger charge is 2.13. The van der Waals surface area contributed by atoms with Crippen LogP contribution in [-0.4, -0.2) is 25.7 Å². The quantitative estimate of drug-likeness (QED) is 0.778. The van der Waals surface area contributed by atoms with Gasteiger partial charge in [0.05, 0.1) is 6.54 Å². The summed E-state index contributed by atoms with van der Waals surface area (Å²) in [5, 5.41) is 3.57. The Balaban J connectivity index is 1.85. The lowest BCUT2D eigenvalue weighted by atomic mass is 10.2. The van der Waals surface area contributed by atoms with Crippen LogP contribution in [0.25, 0.3) is 0 Å². The lowest BCUT2D eigenvalue weighted by molar-refractivity contribution is 0.242. The van der Waals surface area contributed by atoms with Crippen LogP contribution in [0.4, 0.5) is 10.5 Å². The van der Waals surface area contributed by atoms with Crippen LogP contribution in [0.3, 0.4) is 0 Å². The fourth-order valence-corrected chi connectivity index (χ4v) is 2.66. The van der Waals surface area contributed by atoms with E-state index in [2.05, 4.69) is 5.32 Å². The van der Waals surface area contributed by atoms with Crippen molar-refractivity contribution in [2.75, 3.05) is 24.6 Å². The minimum absolute atomic E-state index is 0.125. The third-order valence-corrected chi connectivity index (χ3v) is 3.88. The van der Waals surface area contributed by atoms with E-state index in [4.69, 9.17) is 16.3 Å². The Morgan fingerprint density at radius 3 is 2.67 bits per heavy atom. The zero-order chi connectivity index (χ0) is 17.5. The molecule has 128 valence electrons. The SMILES string of the molecule is CCN(C(=O)NCCOc1ccc(Cl)cc1C)c1cccc(C)c1. The van der Waals surface area contributed by atoms with Crippen LogP contribution in [-0.2, 0) is 0 Å². The molecule has 0 saturated heterocycles. The lowest BCUT2D eigenvalue weighted by Gasteiger charge is -2.22. The molecular weight excluding hydrogens is 324 g/mol. The van der Waals surface area contributed by atoms with E-state index in [1.165, 1.54) is 0 Å². The Morgan fingerprint density at radius 2 is 2.00 bits per heavy atom. The van der Waals surface area contributed by atoms with Gasteiger partial charge < -0.3 is 10.1 Å². The molecule has 5 heteroatoms. The highest BCUT2D eigenvalue weighted by molar-refractivity contribution is 6.30. The Hall–Kier alpha value is -2.20. The standard InChI is InChI=1S/C19H23ClN2O2/c1-4-22(17-7-5-6-14(2)12-17)19(23)21-10-11-24-18-9-8-16(20)13-15(18)3/h5-9,12-13H,4,10-11H2,1-3H3,(H,21,23). The van der Waals surface area contributed by atoms with Crippen molar-refractivity contribution >= 4 is 23.3 Å². The maximum Gasteiger partial charge on any atom is 0.321 e. The van der Waals surface area contributed by atoms with Crippen molar-refractivity contribution in [2.45, 2.75) is 20.8 Å². The number of hydrogen-bond acceptors (Lipinski definition) is 2. The van der Waals surface area contributed by atoms with Crippen LogP contribution in [0.1, 0.15) is 18.1 Å². The first kappa shape index (κ1) is 18.1. The van der Waals surface area contributed by atoms with Gasteiger partial charge in [-0.25, -0.2) is 4.79 Å². The summed E-state index contributed by atoms with van der Waals surface area (Å²) in [6.45, 7) is 7.35. The van der Waals surface area contributed by atoms with Crippen molar-refractivity contribution in [1.29, 1.82) is 0 Å². The molecule has 2 aromatic rings. The van der Waals surface area contributed by atoms with E-state index >= 15 is 0 Å². The highest BCUT2D eigenvalue weighted by atomic mass is 35.5. The van der Waals surface area contributed by atoms with Gasteiger partial charge in [-0.2, -0.15) is 0 Å². The molecule has 0 aliphatic carbocycles. The van der Waals surface area contributed by atoms with Crippen molar-refractivity contribution < 1.29 is 9.53 Å². The second kappa shape index (κ2) is 8.60. The van der Waals surface area contributed by atoms with Crippen LogP contribution in [0.2, 0.25) is 5.02 Å². The number of anilines is 1. The number of hydrogen-bond donors (Lipinski definition) is 1. The van der Waals surface area contributed by atoms with Gasteiger partial charge >= 0.3 is 6.03 Å². The Morgan fingerprint density at radius 1 is 1.21 bits per heavy atom. The molecule has 24 heavy (non-hydrogen) atoms. The average molecular weight is 347 g/mol. The molecule has 0 unspecified atom stereocenters. The zero-order valence-corrected chi connectivity index (χ0v) is 15.1. The molecule has 4 nitrogen and oxygen atoms in total. The number of nitrogens with one attached hydrogen (secondary N) is 1. The van der Waals surface area contributed by atoms with E-state index in [-0.39, 0.29) is 6.03 Å². The molecule has 0 fully saturated rings. The first-order valence-electron chi connectivity index (χ1n) is 8.02. The topological polar surface area (TPSA) is 41.6 Å². The van der Waals surface area contributed by atoms with Crippen LogP contribution < -0.4 is 15.0 Å². The van der Waals surface area contributed by atoms with Crippen molar-refractivity contribution in [3.05, 3.63) is 58.6 Å². The van der Waals surface area contributed by atoms with E-state index in [0.717, 1.165) is 22.6 Å². The Bertz CT molecular complexity index is 704. The molecule has 0 aliphatic rings. The van der Waals surface area contributed by atoms with Crippen LogP contribution in [0.5, 0.6) is 5.75 Å². The number of urea groups is 1. The smallest absolute Gasteiger partial charge is 0.321 e. The lowest BCUT2D eigenvalue weighted by Crippen LogP contribution is -2.41. The zero-order valence-electron chi connectivity index (χ0n) is 14.3. The predicted octanol–water partition coefficient (Wildman–Crippen LogP) is 4.57. The molecule has 0 atom stereocenters. The number of amides is 2. The van der Waals surface area contributed by atoms with Crippen molar-refractivity contribution in [3.63, 3.8) is 0 Å². The fraction of sp³-hybridized carbons (Fsp3) is 0.316. The third kappa shape index (κ3) is 4.90. The second-order valence-electron chi connectivity index (χ2n) is 5.57. The van der Waals surface area contributed by atoms with E-state index in [1.807, 2.05) is 57.2 Å². The van der Waals surface area contributed by atoms with Gasteiger partial charge in [0.15, 0.2) is 0 Å². The molecule has 0 bridgehead atoms. The van der Waals surface area contributed by atoms with Gasteiger partial charge in [0.2, 0.25) is 0 Å². The third-order valence-electron chi connectivity index (χ3n) is 3.65. The van der Waals surface area contributed by atoms with Crippen molar-refractivity contribution in [3.8, 4) is 5.75 Å². The molecule has 0 heterocycles. The largest absolute Gasteiger partial charge is 0.491 e. The summed E-state index contributed by atoms with van der Waals surface area (Å²) in [6.07, 6.45) is 0. The number of benzene rings is 2. The first-order valence-corrected chi connectivity index (χ1v) is 8.40. The van der Waals surface area contributed by atoms with E-state index in [9.17, 15) is 4.79 Å². The first-order chi connectivity index (χ1) is 11.5. The summed E-state index contributed by atoms with van der Waals surface area (Å²) in [5.74, 6) is 0.777. The van der Waals surface area contributed by atoms with Gasteiger partial charge in [0.25, 0.3) is 0 Å². The Labute approximate surface area is 148 Å². The summed E-state index contributed by atoms with van der Waals surface area (Å²) in [4.78, 5) is 14.1. The molecule has 2 amide bonds. The molecule has 1 N–H and O–H groups in total. The summed E-state index contributed by atoms with van der Waals surface area (Å²) < 4.78 is 5.69. The number of halogens is 1. The number of rotatable bonds is 6. The molecule has 0 aliphatic heterocycles. The highest BCUT2D eigenvalue weighted by Crippen LogP contribution is 2.21. The maximum absolute atomic E-state index is 12.4. The summed E-state index contributed by atoms with van der Waals surface area (Å²) >= 11 is 5.92. The summed E-state index contributed by atoms with van der Waals surface area (Å²) in [6, 6.07) is 13.3. The number of carbonyl (C=O) groups is 1.